The Hall–Kier alpha value is -3.59. The van der Waals surface area contributed by atoms with Crippen LogP contribution >= 0.6 is 0 Å². The van der Waals surface area contributed by atoms with E-state index < -0.39 is 0 Å². The second kappa shape index (κ2) is 9.46. The molecule has 179 valence electrons. The molecule has 0 aliphatic heterocycles. The van der Waals surface area contributed by atoms with Gasteiger partial charge in [-0.3, -0.25) is 0 Å². The van der Waals surface area contributed by atoms with Crippen molar-refractivity contribution < 1.29 is 24.5 Å². The Kier molecular flexibility index (Phi) is 6.34. The Balaban J connectivity index is 0.000000147. The Bertz CT molecular complexity index is 1700. The van der Waals surface area contributed by atoms with Crippen LogP contribution in [0.1, 0.15) is 26.3 Å². The molecule has 0 aliphatic rings. The first-order valence-corrected chi connectivity index (χ1v) is 11.8. The van der Waals surface area contributed by atoms with E-state index in [1.54, 1.807) is 0 Å². The van der Waals surface area contributed by atoms with Crippen molar-refractivity contribution in [3.8, 4) is 11.3 Å². The van der Waals surface area contributed by atoms with Crippen LogP contribution in [0.3, 0.4) is 0 Å². The predicted octanol–water partition coefficient (Wildman–Crippen LogP) is 8.37. The molecule has 0 amide bonds. The molecule has 4 heteroatoms. The smallest absolute Gasteiger partial charge is 0.124 e. The van der Waals surface area contributed by atoms with Crippen molar-refractivity contribution in [3.05, 3.63) is 109 Å². The Morgan fingerprint density at radius 2 is 1.56 bits per heavy atom. The maximum absolute atomic E-state index is 5.94. The number of benzene rings is 4. The molecule has 3 heterocycles. The second-order valence-corrected chi connectivity index (χ2v) is 9.73. The monoisotopic (exact) mass is 645 g/mol. The summed E-state index contributed by atoms with van der Waals surface area (Å²) in [6.45, 7) is 6.63. The van der Waals surface area contributed by atoms with Crippen molar-refractivity contribution in [2.75, 3.05) is 0 Å². The molecule has 36 heavy (non-hydrogen) atoms. The topological polar surface area (TPSA) is 38.9 Å². The normalized spacial score (nSPS) is 11.5. The molecule has 7 aromatic rings. The Labute approximate surface area is 223 Å². The minimum atomic E-state index is 0. The number of fused-ring (bicyclic) bond motifs is 3. The van der Waals surface area contributed by atoms with E-state index in [1.165, 1.54) is 16.3 Å². The SMILES string of the molecule is CC(C)(C)c1ccnc(-c2[c-]cccc2)c1.[Ir].[c-]1ccc2oc3cccc4c5cccnc5c1c2c34. The largest absolute Gasteiger partial charge is 0.476 e. The molecular weight excluding hydrogens is 621 g/mol. The van der Waals surface area contributed by atoms with E-state index in [0.29, 0.717) is 0 Å². The number of nitrogens with zero attached hydrogens (tertiary/aromatic N) is 2. The van der Waals surface area contributed by atoms with Crippen LogP contribution in [0.15, 0.2) is 95.7 Å². The molecule has 0 fully saturated rings. The molecule has 3 aromatic heterocycles. The van der Waals surface area contributed by atoms with Crippen molar-refractivity contribution in [2.45, 2.75) is 26.2 Å². The number of aromatic nitrogens is 2. The van der Waals surface area contributed by atoms with Gasteiger partial charge in [-0.15, -0.1) is 53.4 Å². The van der Waals surface area contributed by atoms with Gasteiger partial charge in [0.25, 0.3) is 0 Å². The zero-order chi connectivity index (χ0) is 24.0. The second-order valence-electron chi connectivity index (χ2n) is 9.73. The summed E-state index contributed by atoms with van der Waals surface area (Å²) >= 11 is 0. The van der Waals surface area contributed by atoms with Crippen molar-refractivity contribution in [2.24, 2.45) is 0 Å². The number of pyridine rings is 2. The van der Waals surface area contributed by atoms with Crippen molar-refractivity contribution in [1.82, 2.24) is 9.97 Å². The van der Waals surface area contributed by atoms with Gasteiger partial charge in [0.1, 0.15) is 5.58 Å². The van der Waals surface area contributed by atoms with Crippen LogP contribution < -0.4 is 0 Å². The van der Waals surface area contributed by atoms with Crippen LogP contribution in [0, 0.1) is 12.1 Å². The van der Waals surface area contributed by atoms with Crippen LogP contribution in [-0.4, -0.2) is 9.97 Å². The quantitative estimate of drug-likeness (QED) is 0.133. The Morgan fingerprint density at radius 1 is 0.722 bits per heavy atom. The van der Waals surface area contributed by atoms with Gasteiger partial charge in [0, 0.05) is 32.5 Å². The van der Waals surface area contributed by atoms with E-state index in [4.69, 9.17) is 4.42 Å². The van der Waals surface area contributed by atoms with Crippen LogP contribution in [-0.2, 0) is 25.5 Å². The zero-order valence-electron chi connectivity index (χ0n) is 20.3. The van der Waals surface area contributed by atoms with Crippen molar-refractivity contribution >= 4 is 43.6 Å². The van der Waals surface area contributed by atoms with Gasteiger partial charge < -0.3 is 14.4 Å². The number of hydrogen-bond acceptors (Lipinski definition) is 3. The molecule has 4 aromatic carbocycles. The molecule has 0 unspecified atom stereocenters. The molecule has 1 radical (unpaired) electrons. The van der Waals surface area contributed by atoms with Crippen LogP contribution in [0.4, 0.5) is 0 Å². The molecule has 0 atom stereocenters. The first-order chi connectivity index (χ1) is 17.0. The van der Waals surface area contributed by atoms with Crippen molar-refractivity contribution in [3.63, 3.8) is 0 Å². The minimum absolute atomic E-state index is 0. The van der Waals surface area contributed by atoms with E-state index in [9.17, 15) is 0 Å². The molecule has 0 N–H and O–H groups in total. The van der Waals surface area contributed by atoms with Gasteiger partial charge in [-0.05, 0) is 56.5 Å². The predicted molar refractivity (Wildman–Crippen MR) is 144 cm³/mol. The first-order valence-electron chi connectivity index (χ1n) is 11.8. The molecule has 0 spiro atoms. The fourth-order valence-electron chi connectivity index (χ4n) is 4.64. The number of furan rings is 1. The summed E-state index contributed by atoms with van der Waals surface area (Å²) in [5.74, 6) is 0. The average molecular weight is 645 g/mol. The molecule has 0 saturated heterocycles. The first kappa shape index (κ1) is 24.1. The molecule has 0 bridgehead atoms. The molecule has 3 nitrogen and oxygen atoms in total. The third-order valence-electron chi connectivity index (χ3n) is 6.40. The Morgan fingerprint density at radius 3 is 2.36 bits per heavy atom. The van der Waals surface area contributed by atoms with E-state index >= 15 is 0 Å². The summed E-state index contributed by atoms with van der Waals surface area (Å²) in [5.41, 5.74) is 6.34. The van der Waals surface area contributed by atoms with Gasteiger partial charge in [0.05, 0.1) is 5.58 Å². The van der Waals surface area contributed by atoms with Gasteiger partial charge in [0.15, 0.2) is 0 Å². The standard InChI is InChI=1S/C17H8NO.C15H16N.Ir/c1-4-10-11-6-3-9-18-17(11)12-5-2-8-14-16(12)15(10)13(7-1)19-14;1-15(2,3)13-9-10-16-14(11-13)12-7-5-4-6-8-12;/h1-4,6-9H;4-7,9-11H,1-3H3;/q2*-1;. The van der Waals surface area contributed by atoms with Gasteiger partial charge in [0.2, 0.25) is 0 Å². The fraction of sp³-hybridized carbons (Fsp3) is 0.125. The van der Waals surface area contributed by atoms with E-state index in [0.717, 1.165) is 44.1 Å². The summed E-state index contributed by atoms with van der Waals surface area (Å²) in [6, 6.07) is 32.8. The van der Waals surface area contributed by atoms with Crippen LogP contribution in [0.25, 0.3) is 54.9 Å². The molecule has 7 rings (SSSR count). The summed E-state index contributed by atoms with van der Waals surface area (Å²) < 4.78 is 5.94. The summed E-state index contributed by atoms with van der Waals surface area (Å²) in [5, 5.41) is 5.73. The summed E-state index contributed by atoms with van der Waals surface area (Å²) in [7, 11) is 0. The van der Waals surface area contributed by atoms with Gasteiger partial charge >= 0.3 is 0 Å². The molecular formula is C32H24IrN2O-2. The number of rotatable bonds is 1. The van der Waals surface area contributed by atoms with Crippen molar-refractivity contribution in [1.29, 1.82) is 0 Å². The van der Waals surface area contributed by atoms with E-state index in [-0.39, 0.29) is 25.5 Å². The van der Waals surface area contributed by atoms with Crippen LogP contribution in [0.5, 0.6) is 0 Å². The zero-order valence-corrected chi connectivity index (χ0v) is 22.7. The third-order valence-corrected chi connectivity index (χ3v) is 6.40. The third kappa shape index (κ3) is 4.17. The fourth-order valence-corrected chi connectivity index (χ4v) is 4.64. The van der Waals surface area contributed by atoms with E-state index in [1.807, 2.05) is 67.0 Å². The summed E-state index contributed by atoms with van der Waals surface area (Å²) in [6.07, 6.45) is 3.70. The maximum Gasteiger partial charge on any atom is 0.124 e. The van der Waals surface area contributed by atoms with E-state index in [2.05, 4.69) is 67.1 Å². The van der Waals surface area contributed by atoms with Crippen LogP contribution in [0.2, 0.25) is 0 Å². The number of hydrogen-bond donors (Lipinski definition) is 0. The maximum atomic E-state index is 5.94. The summed E-state index contributed by atoms with van der Waals surface area (Å²) in [4.78, 5) is 8.93. The molecule has 0 aliphatic carbocycles. The van der Waals surface area contributed by atoms with Gasteiger partial charge in [-0.1, -0.05) is 56.5 Å². The van der Waals surface area contributed by atoms with Gasteiger partial charge in [-0.2, -0.15) is 0 Å². The average Bonchev–Trinajstić information content (AvgIpc) is 3.28. The van der Waals surface area contributed by atoms with Gasteiger partial charge in [-0.25, -0.2) is 0 Å². The minimum Gasteiger partial charge on any atom is -0.476 e. The molecule has 0 saturated carbocycles.